The molecule has 2 aromatic rings. The number of aliphatic carboxylic acids is 1. The summed E-state index contributed by atoms with van der Waals surface area (Å²) in [6.45, 7) is 1.64. The minimum absolute atomic E-state index is 0.0536. The summed E-state index contributed by atoms with van der Waals surface area (Å²) in [4.78, 5) is 43.1. The Bertz CT molecular complexity index is 1190. The highest BCUT2D eigenvalue weighted by molar-refractivity contribution is 6.40. The molecule has 0 spiro atoms. The van der Waals surface area contributed by atoms with E-state index in [9.17, 15) is 19.5 Å². The summed E-state index contributed by atoms with van der Waals surface area (Å²) >= 11 is 12.2. The average Bonchev–Trinajstić information content (AvgIpc) is 3.28. The van der Waals surface area contributed by atoms with Gasteiger partial charge in [-0.05, 0) is 49.6 Å². The first-order valence-corrected chi connectivity index (χ1v) is 13.0. The van der Waals surface area contributed by atoms with Gasteiger partial charge in [-0.3, -0.25) is 9.59 Å². The molecule has 1 fully saturated rings. The zero-order chi connectivity index (χ0) is 26.6. The van der Waals surface area contributed by atoms with Crippen LogP contribution in [0.3, 0.4) is 0 Å². The topological polar surface area (TPSA) is 117 Å². The number of carboxylic acids is 1. The van der Waals surface area contributed by atoms with E-state index in [1.807, 2.05) is 0 Å². The number of halogens is 2. The van der Waals surface area contributed by atoms with Gasteiger partial charge in [0.2, 0.25) is 5.60 Å². The van der Waals surface area contributed by atoms with E-state index in [1.54, 1.807) is 49.4 Å². The van der Waals surface area contributed by atoms with E-state index in [0.29, 0.717) is 23.6 Å². The second-order valence-corrected chi connectivity index (χ2v) is 10.5. The third-order valence-corrected chi connectivity index (χ3v) is 7.51. The Morgan fingerprint density at radius 3 is 2.35 bits per heavy atom. The molecule has 0 radical (unpaired) electrons. The highest BCUT2D eigenvalue weighted by Gasteiger charge is 2.44. The van der Waals surface area contributed by atoms with Crippen LogP contribution in [-0.4, -0.2) is 40.2 Å². The van der Waals surface area contributed by atoms with Crippen molar-refractivity contribution < 1.29 is 24.3 Å². The number of nitrogens with zero attached hydrogens (tertiary/aromatic N) is 1. The molecule has 0 saturated heterocycles. The minimum Gasteiger partial charge on any atom is -0.480 e. The van der Waals surface area contributed by atoms with Gasteiger partial charge < -0.3 is 20.6 Å². The molecular weight excluding hydrogens is 517 g/mol. The van der Waals surface area contributed by atoms with Crippen molar-refractivity contribution in [3.8, 4) is 0 Å². The molecule has 10 heteroatoms. The van der Waals surface area contributed by atoms with Crippen molar-refractivity contribution in [2.75, 3.05) is 5.32 Å². The van der Waals surface area contributed by atoms with Crippen molar-refractivity contribution in [3.63, 3.8) is 0 Å². The van der Waals surface area contributed by atoms with Crippen LogP contribution >= 0.6 is 23.2 Å². The van der Waals surface area contributed by atoms with E-state index in [0.717, 1.165) is 31.4 Å². The van der Waals surface area contributed by atoms with E-state index < -0.39 is 29.4 Å². The molecule has 2 amide bonds. The second kappa shape index (κ2) is 11.5. The molecular formula is C27H29Cl2N3O5. The molecule has 8 nitrogen and oxygen atoms in total. The lowest BCUT2D eigenvalue weighted by molar-refractivity contribution is -0.148. The largest absolute Gasteiger partial charge is 0.480 e. The Labute approximate surface area is 225 Å². The zero-order valence-corrected chi connectivity index (χ0v) is 21.9. The maximum atomic E-state index is 13.0. The van der Waals surface area contributed by atoms with Crippen molar-refractivity contribution in [2.24, 2.45) is 11.1 Å². The van der Waals surface area contributed by atoms with Gasteiger partial charge in [0.1, 0.15) is 6.04 Å². The van der Waals surface area contributed by atoms with Crippen molar-refractivity contribution in [3.05, 3.63) is 63.6 Å². The van der Waals surface area contributed by atoms with Crippen LogP contribution in [0.15, 0.2) is 47.6 Å². The standard InChI is InChI=1S/C27H29Cl2N3O5/c1-27(15-22(32-37-27)17-6-3-2-4-7-17)26(36)31-21(25(34)35)14-16-10-12-18(13-11-16)30-24(33)23-19(28)8-5-9-20(23)29/h5,8-13,17,21H,2-4,6-7,14-15H2,1H3,(H,30,33)(H,31,36)(H,34,35). The van der Waals surface area contributed by atoms with E-state index in [1.165, 1.54) is 6.42 Å². The first-order chi connectivity index (χ1) is 17.7. The molecule has 0 aromatic heterocycles. The Morgan fingerprint density at radius 1 is 1.08 bits per heavy atom. The number of hydrogen-bond donors (Lipinski definition) is 3. The molecule has 2 aliphatic rings. The smallest absolute Gasteiger partial charge is 0.326 e. The molecule has 2 aromatic carbocycles. The lowest BCUT2D eigenvalue weighted by atomic mass is 9.82. The fourth-order valence-corrected chi connectivity index (χ4v) is 5.29. The van der Waals surface area contributed by atoms with Crippen LogP contribution in [0, 0.1) is 5.92 Å². The van der Waals surface area contributed by atoms with Crippen molar-refractivity contribution in [2.45, 2.75) is 63.5 Å². The maximum Gasteiger partial charge on any atom is 0.326 e. The quantitative estimate of drug-likeness (QED) is 0.406. The highest BCUT2D eigenvalue weighted by atomic mass is 35.5. The number of carboxylic acid groups (broad SMARTS) is 1. The first-order valence-electron chi connectivity index (χ1n) is 12.3. The van der Waals surface area contributed by atoms with Gasteiger partial charge in [0, 0.05) is 24.4 Å². The first kappa shape index (κ1) is 26.9. The number of amides is 2. The molecule has 1 aliphatic carbocycles. The monoisotopic (exact) mass is 545 g/mol. The normalized spacial score (nSPS) is 20.5. The molecule has 37 heavy (non-hydrogen) atoms. The van der Waals surface area contributed by atoms with Crippen LogP contribution in [-0.2, 0) is 20.8 Å². The summed E-state index contributed by atoms with van der Waals surface area (Å²) in [7, 11) is 0. The van der Waals surface area contributed by atoms with Gasteiger partial charge in [-0.15, -0.1) is 0 Å². The van der Waals surface area contributed by atoms with Gasteiger partial charge in [-0.2, -0.15) is 0 Å². The van der Waals surface area contributed by atoms with Gasteiger partial charge in [0.05, 0.1) is 21.3 Å². The van der Waals surface area contributed by atoms with E-state index in [2.05, 4.69) is 15.8 Å². The second-order valence-electron chi connectivity index (χ2n) is 9.73. The van der Waals surface area contributed by atoms with Gasteiger partial charge in [-0.1, -0.05) is 65.8 Å². The van der Waals surface area contributed by atoms with Crippen molar-refractivity contribution in [1.82, 2.24) is 5.32 Å². The third-order valence-electron chi connectivity index (χ3n) is 6.88. The summed E-state index contributed by atoms with van der Waals surface area (Å²) in [5.74, 6) is -1.80. The summed E-state index contributed by atoms with van der Waals surface area (Å²) in [6, 6.07) is 10.3. The van der Waals surface area contributed by atoms with E-state index >= 15 is 0 Å². The molecule has 3 N–H and O–H groups in total. The Balaban J connectivity index is 1.36. The third kappa shape index (κ3) is 6.43. The number of oxime groups is 1. The number of rotatable bonds is 8. The predicted octanol–water partition coefficient (Wildman–Crippen LogP) is 5.47. The van der Waals surface area contributed by atoms with Crippen LogP contribution < -0.4 is 10.6 Å². The summed E-state index contributed by atoms with van der Waals surface area (Å²) < 4.78 is 0. The molecule has 1 aliphatic heterocycles. The number of carbonyl (C=O) groups is 3. The average molecular weight is 546 g/mol. The van der Waals surface area contributed by atoms with Crippen molar-refractivity contribution >= 4 is 52.4 Å². The lowest BCUT2D eigenvalue weighted by Crippen LogP contribution is -2.52. The molecule has 0 bridgehead atoms. The SMILES string of the molecule is CC1(C(=O)NC(Cc2ccc(NC(=O)c3c(Cl)cccc3Cl)cc2)C(=O)O)CC(C2CCCCC2)=NO1. The lowest BCUT2D eigenvalue weighted by Gasteiger charge is -2.25. The van der Waals surface area contributed by atoms with Gasteiger partial charge >= 0.3 is 5.97 Å². The summed E-state index contributed by atoms with van der Waals surface area (Å²) in [6.07, 6.45) is 6.00. The Kier molecular flexibility index (Phi) is 8.39. The number of benzene rings is 2. The molecule has 196 valence electrons. The van der Waals surface area contributed by atoms with Gasteiger partial charge in [0.25, 0.3) is 11.8 Å². The number of hydrogen-bond acceptors (Lipinski definition) is 5. The predicted molar refractivity (Wildman–Crippen MR) is 142 cm³/mol. The highest BCUT2D eigenvalue weighted by Crippen LogP contribution is 2.33. The summed E-state index contributed by atoms with van der Waals surface area (Å²) in [5, 5.41) is 19.8. The van der Waals surface area contributed by atoms with Crippen LogP contribution in [0.1, 0.15) is 61.4 Å². The van der Waals surface area contributed by atoms with Crippen LogP contribution in [0.5, 0.6) is 0 Å². The summed E-state index contributed by atoms with van der Waals surface area (Å²) in [5.41, 5.74) is 0.981. The molecule has 2 atom stereocenters. The van der Waals surface area contributed by atoms with Crippen LogP contribution in [0.2, 0.25) is 10.0 Å². The van der Waals surface area contributed by atoms with Gasteiger partial charge in [-0.25, -0.2) is 4.79 Å². The number of anilines is 1. The fourth-order valence-electron chi connectivity index (χ4n) is 4.73. The molecule has 4 rings (SSSR count). The maximum absolute atomic E-state index is 13.0. The van der Waals surface area contributed by atoms with Crippen LogP contribution in [0.4, 0.5) is 5.69 Å². The number of carbonyl (C=O) groups excluding carboxylic acids is 2. The zero-order valence-electron chi connectivity index (χ0n) is 20.4. The van der Waals surface area contributed by atoms with Crippen molar-refractivity contribution in [1.29, 1.82) is 0 Å². The number of nitrogens with one attached hydrogen (secondary N) is 2. The molecule has 1 saturated carbocycles. The van der Waals surface area contributed by atoms with Crippen LogP contribution in [0.25, 0.3) is 0 Å². The van der Waals surface area contributed by atoms with E-state index in [-0.39, 0.29) is 22.0 Å². The Morgan fingerprint density at radius 2 is 1.73 bits per heavy atom. The molecule has 2 unspecified atom stereocenters. The van der Waals surface area contributed by atoms with E-state index in [4.69, 9.17) is 28.0 Å². The molecule has 1 heterocycles. The fraction of sp³-hybridized carbons (Fsp3) is 0.407. The minimum atomic E-state index is -1.23. The Hall–Kier alpha value is -3.10. The van der Waals surface area contributed by atoms with Gasteiger partial charge in [0.15, 0.2) is 0 Å².